The highest BCUT2D eigenvalue weighted by Gasteiger charge is 2.54. The highest BCUT2D eigenvalue weighted by atomic mass is 32.2. The van der Waals surface area contributed by atoms with Gasteiger partial charge in [0.2, 0.25) is 0 Å². The first-order valence-corrected chi connectivity index (χ1v) is 15.7. The first-order valence-electron chi connectivity index (χ1n) is 13.5. The van der Waals surface area contributed by atoms with E-state index in [0.717, 1.165) is 0 Å². The number of amides is 1. The van der Waals surface area contributed by atoms with Gasteiger partial charge < -0.3 is 19.5 Å². The maximum atomic E-state index is 12.9. The Labute approximate surface area is 255 Å². The van der Waals surface area contributed by atoms with Crippen LogP contribution in [0.4, 0.5) is 23.8 Å². The summed E-state index contributed by atoms with van der Waals surface area (Å²) < 4.78 is 89.0. The van der Waals surface area contributed by atoms with Crippen LogP contribution in [-0.4, -0.2) is 76.0 Å². The van der Waals surface area contributed by atoms with Crippen LogP contribution in [-0.2, 0) is 28.7 Å². The minimum Gasteiger partial charge on any atom is -0.443 e. The molecule has 0 bridgehead atoms. The quantitative estimate of drug-likeness (QED) is 0.326. The molecule has 4 atom stereocenters. The van der Waals surface area contributed by atoms with Gasteiger partial charge in [0.15, 0.2) is 17.1 Å². The van der Waals surface area contributed by atoms with Crippen LogP contribution < -0.4 is 10.0 Å². The Morgan fingerprint density at radius 1 is 1.18 bits per heavy atom. The van der Waals surface area contributed by atoms with Crippen LogP contribution in [0.1, 0.15) is 41.0 Å². The Bertz CT molecular complexity index is 1640. The van der Waals surface area contributed by atoms with Crippen molar-refractivity contribution in [3.8, 4) is 5.69 Å². The van der Waals surface area contributed by atoms with Crippen molar-refractivity contribution in [1.29, 1.82) is 0 Å². The first-order chi connectivity index (χ1) is 20.4. The number of aromatic nitrogens is 4. The molecule has 0 unspecified atom stereocenters. The zero-order valence-electron chi connectivity index (χ0n) is 24.3. The fourth-order valence-corrected chi connectivity index (χ4v) is 6.33. The minimum atomic E-state index is -4.48. The van der Waals surface area contributed by atoms with E-state index in [-0.39, 0.29) is 23.3 Å². The van der Waals surface area contributed by atoms with E-state index in [2.05, 4.69) is 20.4 Å². The Morgan fingerprint density at radius 2 is 1.91 bits per heavy atom. The van der Waals surface area contributed by atoms with Gasteiger partial charge in [-0.25, -0.2) is 19.4 Å². The van der Waals surface area contributed by atoms with Crippen LogP contribution in [0.5, 0.6) is 0 Å². The number of carbonyl (C=O) groups excluding carboxylic acids is 1. The molecule has 2 aliphatic rings. The van der Waals surface area contributed by atoms with Gasteiger partial charge >= 0.3 is 21.9 Å². The SMILES string of the molecule is CC(C)(C)OC(=O)NS(=O)(=O)OC[C@H]1C[C@@H](Nc2ncnc3cn(-c4cccc(SC(F)(F)F)c4)nc23)[C@@H]2OC(C)(C)O[C@H]12. The molecule has 18 heteroatoms. The van der Waals surface area contributed by atoms with Gasteiger partial charge in [0.05, 0.1) is 30.6 Å². The lowest BCUT2D eigenvalue weighted by atomic mass is 10.1. The number of fused-ring (bicyclic) bond motifs is 2. The number of ether oxygens (including phenoxy) is 3. The lowest BCUT2D eigenvalue weighted by molar-refractivity contribution is -0.158. The van der Waals surface area contributed by atoms with Crippen molar-refractivity contribution in [3.05, 3.63) is 36.8 Å². The third kappa shape index (κ3) is 7.90. The molecule has 1 aliphatic heterocycles. The summed E-state index contributed by atoms with van der Waals surface area (Å²) in [6.07, 6.45) is 1.00. The maximum Gasteiger partial charge on any atom is 0.446 e. The summed E-state index contributed by atoms with van der Waals surface area (Å²) in [5, 5.41) is 7.83. The monoisotopic (exact) mass is 660 g/mol. The zero-order valence-corrected chi connectivity index (χ0v) is 25.9. The summed E-state index contributed by atoms with van der Waals surface area (Å²) in [6.45, 7) is 7.94. The van der Waals surface area contributed by atoms with Gasteiger partial charge in [-0.15, -0.1) is 0 Å². The Kier molecular flexibility index (Phi) is 8.51. The molecule has 1 aliphatic carbocycles. The number of benzene rings is 1. The van der Waals surface area contributed by atoms with Crippen LogP contribution in [0.3, 0.4) is 0 Å². The summed E-state index contributed by atoms with van der Waals surface area (Å²) in [6, 6.07) is 5.43. The standard InChI is InChI=1S/C26H31F3N6O7S2/c1-24(2,3)42-23(36)34-44(37,38)39-12-14-9-17(21-20(14)40-25(4,5)41-21)32-22-19-18(30-13-31-22)11-35(33-19)15-7-6-8-16(10-15)43-26(27,28)29/h6-8,10-11,13-14,17,20-21H,9,12H2,1-5H3,(H,34,36)(H,30,31,32)/t14-,17-,20-,21+/m1/s1. The molecule has 3 heterocycles. The second kappa shape index (κ2) is 11.6. The average Bonchev–Trinajstić information content (AvgIpc) is 3.52. The number of halogens is 3. The third-order valence-corrected chi connectivity index (χ3v) is 8.15. The number of alkyl halides is 3. The maximum absolute atomic E-state index is 12.9. The van der Waals surface area contributed by atoms with Crippen molar-refractivity contribution in [1.82, 2.24) is 24.5 Å². The van der Waals surface area contributed by atoms with Crippen molar-refractivity contribution in [2.45, 2.75) is 81.1 Å². The molecule has 0 spiro atoms. The van der Waals surface area contributed by atoms with Gasteiger partial charge in [-0.2, -0.15) is 31.4 Å². The number of nitrogens with zero attached hydrogens (tertiary/aromatic N) is 4. The molecule has 2 N–H and O–H groups in total. The predicted molar refractivity (Wildman–Crippen MR) is 152 cm³/mol. The van der Waals surface area contributed by atoms with E-state index in [4.69, 9.17) is 18.4 Å². The lowest BCUT2D eigenvalue weighted by Gasteiger charge is -2.24. The molecule has 240 valence electrons. The van der Waals surface area contributed by atoms with Crippen molar-refractivity contribution in [2.75, 3.05) is 11.9 Å². The highest BCUT2D eigenvalue weighted by molar-refractivity contribution is 8.00. The van der Waals surface area contributed by atoms with Gasteiger partial charge in [0.25, 0.3) is 0 Å². The molecule has 1 amide bonds. The van der Waals surface area contributed by atoms with Crippen molar-refractivity contribution >= 4 is 45.0 Å². The van der Waals surface area contributed by atoms with Crippen LogP contribution >= 0.6 is 11.8 Å². The summed E-state index contributed by atoms with van der Waals surface area (Å²) >= 11 is -0.222. The molecule has 3 aromatic rings. The van der Waals surface area contributed by atoms with E-state index in [0.29, 0.717) is 29.0 Å². The van der Waals surface area contributed by atoms with Crippen molar-refractivity contribution < 1.29 is 44.8 Å². The molecule has 0 radical (unpaired) electrons. The summed E-state index contributed by atoms with van der Waals surface area (Å²) in [5.74, 6) is -1.09. The normalized spacial score (nSPS) is 23.5. The molecule has 2 fully saturated rings. The third-order valence-electron chi connectivity index (χ3n) is 6.57. The van der Waals surface area contributed by atoms with Crippen LogP contribution in [0.25, 0.3) is 16.7 Å². The Morgan fingerprint density at radius 3 is 2.61 bits per heavy atom. The Hall–Kier alpha value is -3.19. The molecule has 5 rings (SSSR count). The number of hydrogen-bond acceptors (Lipinski definition) is 12. The largest absolute Gasteiger partial charge is 0.446 e. The molecule has 1 saturated heterocycles. The van der Waals surface area contributed by atoms with Crippen molar-refractivity contribution in [2.24, 2.45) is 5.92 Å². The smallest absolute Gasteiger partial charge is 0.443 e. The number of rotatable bonds is 8. The number of anilines is 1. The molecule has 44 heavy (non-hydrogen) atoms. The first kappa shape index (κ1) is 32.2. The van der Waals surface area contributed by atoms with E-state index in [9.17, 15) is 26.4 Å². The predicted octanol–water partition coefficient (Wildman–Crippen LogP) is 4.53. The topological polar surface area (TPSA) is 156 Å². The van der Waals surface area contributed by atoms with E-state index in [1.165, 1.54) is 29.2 Å². The van der Waals surface area contributed by atoms with Crippen molar-refractivity contribution in [3.63, 3.8) is 0 Å². The van der Waals surface area contributed by atoms with Crippen LogP contribution in [0, 0.1) is 5.92 Å². The fraction of sp³-hybridized carbons (Fsp3) is 0.538. The summed E-state index contributed by atoms with van der Waals surface area (Å²) in [4.78, 5) is 20.5. The van der Waals surface area contributed by atoms with Gasteiger partial charge in [-0.05, 0) is 71.0 Å². The molecule has 13 nitrogen and oxygen atoms in total. The highest BCUT2D eigenvalue weighted by Crippen LogP contribution is 2.43. The fourth-order valence-electron chi connectivity index (χ4n) is 5.07. The average molecular weight is 661 g/mol. The second-order valence-corrected chi connectivity index (χ2v) is 14.2. The van der Waals surface area contributed by atoms with Gasteiger partial charge in [-0.3, -0.25) is 4.18 Å². The van der Waals surface area contributed by atoms with E-state index in [1.807, 2.05) is 0 Å². The molecular formula is C26H31F3N6O7S2. The van der Waals surface area contributed by atoms with Gasteiger partial charge in [0.1, 0.15) is 23.5 Å². The van der Waals surface area contributed by atoms with Crippen LogP contribution in [0.15, 0.2) is 41.7 Å². The molecule has 1 aromatic carbocycles. The number of hydrogen-bond donors (Lipinski definition) is 2. The van der Waals surface area contributed by atoms with E-state index < -0.39 is 57.5 Å². The molecular weight excluding hydrogens is 629 g/mol. The lowest BCUT2D eigenvalue weighted by Crippen LogP contribution is -2.38. The number of carbonyl (C=O) groups is 1. The molecule has 2 aromatic heterocycles. The van der Waals surface area contributed by atoms with E-state index in [1.54, 1.807) is 51.6 Å². The number of nitrogens with one attached hydrogen (secondary N) is 2. The number of thioether (sulfide) groups is 1. The van der Waals surface area contributed by atoms with Gasteiger partial charge in [0, 0.05) is 10.8 Å². The summed E-state index contributed by atoms with van der Waals surface area (Å²) in [5.41, 5.74) is -4.14. The van der Waals surface area contributed by atoms with Gasteiger partial charge in [-0.1, -0.05) is 6.07 Å². The summed E-state index contributed by atoms with van der Waals surface area (Å²) in [7, 11) is -4.48. The Balaban J connectivity index is 1.33. The zero-order chi connectivity index (χ0) is 32.1. The minimum absolute atomic E-state index is 0.00792. The van der Waals surface area contributed by atoms with E-state index >= 15 is 0 Å². The second-order valence-electron chi connectivity index (χ2n) is 11.7. The molecule has 1 saturated carbocycles. The van der Waals surface area contributed by atoms with Crippen LogP contribution in [0.2, 0.25) is 0 Å².